The van der Waals surface area contributed by atoms with Gasteiger partial charge in [-0.1, -0.05) is 20.3 Å². The van der Waals surface area contributed by atoms with E-state index in [2.05, 4.69) is 13.8 Å². The molecule has 24 heavy (non-hydrogen) atoms. The van der Waals surface area contributed by atoms with Crippen LogP contribution in [0.5, 0.6) is 0 Å². The second-order valence-electron chi connectivity index (χ2n) is 5.14. The van der Waals surface area contributed by atoms with Crippen LogP contribution in [0.15, 0.2) is 15.7 Å². The molecule has 9 nitrogen and oxygen atoms in total. The summed E-state index contributed by atoms with van der Waals surface area (Å²) in [5.41, 5.74) is -1.31. The van der Waals surface area contributed by atoms with Crippen LogP contribution in [0, 0.1) is 6.92 Å². The zero-order chi connectivity index (χ0) is 18.9. The Morgan fingerprint density at radius 2 is 1.88 bits per heavy atom. The highest BCUT2D eigenvalue weighted by molar-refractivity contribution is 5.65. The van der Waals surface area contributed by atoms with E-state index in [9.17, 15) is 24.6 Å². The molecule has 1 aromatic rings. The minimum Gasteiger partial charge on any atom is -0.463 e. The van der Waals surface area contributed by atoms with Crippen molar-refractivity contribution in [1.82, 2.24) is 9.55 Å². The number of aliphatic hydroxyl groups is 2. The Hall–Kier alpha value is -1.97. The lowest BCUT2D eigenvalue weighted by Crippen LogP contribution is -2.44. The van der Waals surface area contributed by atoms with Gasteiger partial charge in [0.15, 0.2) is 6.23 Å². The number of H-pyrrole nitrogens is 1. The molecule has 138 valence electrons. The normalized spacial score (nSPS) is 14.1. The van der Waals surface area contributed by atoms with Crippen LogP contribution in [-0.2, 0) is 14.3 Å². The van der Waals surface area contributed by atoms with E-state index in [0.29, 0.717) is 0 Å². The maximum absolute atomic E-state index is 11.7. The summed E-state index contributed by atoms with van der Waals surface area (Å²) >= 11 is 0. The van der Waals surface area contributed by atoms with Gasteiger partial charge in [-0.05, 0) is 6.92 Å². The third-order valence-electron chi connectivity index (χ3n) is 2.87. The highest BCUT2D eigenvalue weighted by Gasteiger charge is 2.30. The predicted molar refractivity (Wildman–Crippen MR) is 86.7 cm³/mol. The van der Waals surface area contributed by atoms with Crippen molar-refractivity contribution in [3.63, 3.8) is 0 Å². The lowest BCUT2D eigenvalue weighted by atomic mass is 10.1. The number of aromatic amines is 1. The summed E-state index contributed by atoms with van der Waals surface area (Å²) in [5, 5.41) is 20.1. The van der Waals surface area contributed by atoms with Gasteiger partial charge >= 0.3 is 11.7 Å². The van der Waals surface area contributed by atoms with Crippen LogP contribution in [0.3, 0.4) is 0 Å². The van der Waals surface area contributed by atoms with Crippen molar-refractivity contribution < 1.29 is 24.5 Å². The van der Waals surface area contributed by atoms with Crippen LogP contribution in [0.4, 0.5) is 0 Å². The Morgan fingerprint density at radius 1 is 1.33 bits per heavy atom. The van der Waals surface area contributed by atoms with Crippen LogP contribution in [0.25, 0.3) is 0 Å². The first-order valence-electron chi connectivity index (χ1n) is 7.54. The summed E-state index contributed by atoms with van der Waals surface area (Å²) in [6.45, 7) is 6.58. The lowest BCUT2D eigenvalue weighted by molar-refractivity contribution is -0.155. The van der Waals surface area contributed by atoms with E-state index in [4.69, 9.17) is 9.47 Å². The van der Waals surface area contributed by atoms with Crippen molar-refractivity contribution in [1.29, 1.82) is 0 Å². The minimum atomic E-state index is -1.67. The summed E-state index contributed by atoms with van der Waals surface area (Å²) in [5.74, 6) is -0.573. The predicted octanol–water partition coefficient (Wildman–Crippen LogP) is -0.309. The zero-order valence-electron chi connectivity index (χ0n) is 14.6. The van der Waals surface area contributed by atoms with Crippen LogP contribution in [0.1, 0.15) is 39.1 Å². The first kappa shape index (κ1) is 22.0. The molecule has 0 aliphatic heterocycles. The largest absolute Gasteiger partial charge is 0.463 e. The molecule has 0 fully saturated rings. The number of nitrogens with one attached hydrogen (secondary N) is 1. The van der Waals surface area contributed by atoms with E-state index < -0.39 is 35.7 Å². The van der Waals surface area contributed by atoms with Crippen LogP contribution in [0.2, 0.25) is 0 Å². The quantitative estimate of drug-likeness (QED) is 0.602. The Morgan fingerprint density at radius 3 is 2.29 bits per heavy atom. The topological polar surface area (TPSA) is 131 Å². The number of ether oxygens (including phenoxy) is 2. The van der Waals surface area contributed by atoms with Crippen molar-refractivity contribution in [3.8, 4) is 0 Å². The molecule has 0 bridgehead atoms. The number of aliphatic hydroxyl groups excluding tert-OH is 2. The van der Waals surface area contributed by atoms with Crippen molar-refractivity contribution >= 4 is 5.97 Å². The Kier molecular flexibility index (Phi) is 9.86. The highest BCUT2D eigenvalue weighted by atomic mass is 16.6. The highest BCUT2D eigenvalue weighted by Crippen LogP contribution is 2.13. The van der Waals surface area contributed by atoms with Crippen molar-refractivity contribution in [3.05, 3.63) is 32.6 Å². The number of rotatable bonds is 6. The molecule has 0 saturated heterocycles. The van der Waals surface area contributed by atoms with Gasteiger partial charge in [0.1, 0.15) is 18.8 Å². The molecule has 0 spiro atoms. The van der Waals surface area contributed by atoms with E-state index in [1.807, 2.05) is 4.98 Å². The fraction of sp³-hybridized carbons (Fsp3) is 0.667. The summed E-state index contributed by atoms with van der Waals surface area (Å²) in [6, 6.07) is 1.10. The van der Waals surface area contributed by atoms with Gasteiger partial charge in [0, 0.05) is 25.8 Å². The molecule has 1 heterocycles. The molecule has 3 unspecified atom stereocenters. The van der Waals surface area contributed by atoms with Gasteiger partial charge < -0.3 is 19.7 Å². The second-order valence-corrected chi connectivity index (χ2v) is 5.14. The standard InChI is InChI=1S/C12H18N2O7.C3H8/c1-6-4-9(16)13-12(19)14(6)11(18)10(17)8(20-3)5-21-7(2)15;1-3-2/h4,8,10-11,17-18H,5H2,1-3H3,(H,13,16,19);3H2,1-2H3. The average molecular weight is 346 g/mol. The summed E-state index contributed by atoms with van der Waals surface area (Å²) < 4.78 is 10.4. The lowest BCUT2D eigenvalue weighted by Gasteiger charge is -2.27. The number of hydrogen-bond acceptors (Lipinski definition) is 7. The maximum Gasteiger partial charge on any atom is 0.330 e. The molecule has 1 aromatic heterocycles. The van der Waals surface area contributed by atoms with E-state index in [1.54, 1.807) is 0 Å². The minimum absolute atomic E-state index is 0.164. The first-order chi connectivity index (χ1) is 11.2. The van der Waals surface area contributed by atoms with Gasteiger partial charge in [0.25, 0.3) is 5.56 Å². The summed E-state index contributed by atoms with van der Waals surface area (Å²) in [6.07, 6.45) is -3.01. The summed E-state index contributed by atoms with van der Waals surface area (Å²) in [7, 11) is 1.26. The van der Waals surface area contributed by atoms with Crippen LogP contribution < -0.4 is 11.2 Å². The number of hydrogen-bond donors (Lipinski definition) is 3. The SMILES string of the molecule is CCC.COC(COC(C)=O)C(O)C(O)n1c(C)cc(=O)[nH]c1=O. The van der Waals surface area contributed by atoms with Gasteiger partial charge in [-0.25, -0.2) is 4.79 Å². The van der Waals surface area contributed by atoms with Crippen LogP contribution >= 0.6 is 0 Å². The van der Waals surface area contributed by atoms with E-state index in [0.717, 1.165) is 10.6 Å². The fourth-order valence-corrected chi connectivity index (χ4v) is 1.80. The van der Waals surface area contributed by atoms with E-state index in [1.165, 1.54) is 27.4 Å². The summed E-state index contributed by atoms with van der Waals surface area (Å²) in [4.78, 5) is 35.6. The molecule has 3 atom stereocenters. The van der Waals surface area contributed by atoms with Crippen molar-refractivity contribution in [2.24, 2.45) is 0 Å². The second kappa shape index (κ2) is 10.7. The molecule has 0 radical (unpaired) electrons. The maximum atomic E-state index is 11.7. The third-order valence-corrected chi connectivity index (χ3v) is 2.87. The number of carbonyl (C=O) groups excluding carboxylic acids is 1. The number of aryl methyl sites for hydroxylation is 1. The molecule has 1 rings (SSSR count). The van der Waals surface area contributed by atoms with Gasteiger partial charge in [-0.2, -0.15) is 0 Å². The van der Waals surface area contributed by atoms with Crippen LogP contribution in [-0.4, -0.2) is 51.7 Å². The third kappa shape index (κ3) is 6.65. The molecule has 0 amide bonds. The Balaban J connectivity index is 0.00000163. The molecule has 0 aliphatic carbocycles. The molecule has 0 aliphatic rings. The smallest absolute Gasteiger partial charge is 0.330 e. The van der Waals surface area contributed by atoms with E-state index >= 15 is 0 Å². The molecule has 9 heteroatoms. The number of carbonyl (C=O) groups is 1. The number of methoxy groups -OCH3 is 1. The molecule has 3 N–H and O–H groups in total. The fourth-order valence-electron chi connectivity index (χ4n) is 1.80. The van der Waals surface area contributed by atoms with Gasteiger partial charge in [0.05, 0.1) is 0 Å². The van der Waals surface area contributed by atoms with Gasteiger partial charge in [-0.3, -0.25) is 19.1 Å². The number of aromatic nitrogens is 2. The monoisotopic (exact) mass is 346 g/mol. The molecule has 0 aromatic carbocycles. The Bertz CT molecular complexity index is 623. The van der Waals surface area contributed by atoms with E-state index in [-0.39, 0.29) is 12.3 Å². The van der Waals surface area contributed by atoms with Gasteiger partial charge in [0.2, 0.25) is 0 Å². The molecule has 0 saturated carbocycles. The Labute approximate surface area is 139 Å². The molecular weight excluding hydrogens is 320 g/mol. The van der Waals surface area contributed by atoms with Gasteiger partial charge in [-0.15, -0.1) is 0 Å². The van der Waals surface area contributed by atoms with Crippen molar-refractivity contribution in [2.45, 2.75) is 52.6 Å². The zero-order valence-corrected chi connectivity index (χ0v) is 14.6. The number of esters is 1. The molecular formula is C15H26N2O7. The van der Waals surface area contributed by atoms with Crippen molar-refractivity contribution in [2.75, 3.05) is 13.7 Å². The first-order valence-corrected chi connectivity index (χ1v) is 7.54. The average Bonchev–Trinajstić information content (AvgIpc) is 2.46. The number of nitrogens with zero attached hydrogens (tertiary/aromatic N) is 1.